The van der Waals surface area contributed by atoms with Crippen LogP contribution >= 0.6 is 0 Å². The molecule has 1 fully saturated rings. The molecule has 2 aromatic rings. The van der Waals surface area contributed by atoms with Crippen molar-refractivity contribution in [1.82, 2.24) is 10.3 Å². The van der Waals surface area contributed by atoms with Crippen LogP contribution < -0.4 is 15.5 Å². The Kier molecular flexibility index (Phi) is 7.48. The first-order valence-electron chi connectivity index (χ1n) is 10.1. The maximum Gasteiger partial charge on any atom is 0.240 e. The van der Waals surface area contributed by atoms with Crippen molar-refractivity contribution in [2.45, 2.75) is 44.6 Å². The Labute approximate surface area is 174 Å². The summed E-state index contributed by atoms with van der Waals surface area (Å²) in [6.07, 6.45) is 5.22. The zero-order chi connectivity index (χ0) is 21.3. The van der Waals surface area contributed by atoms with Gasteiger partial charge in [0.2, 0.25) is 17.7 Å². The molecule has 8 heteroatoms. The van der Waals surface area contributed by atoms with Gasteiger partial charge in [-0.2, -0.15) is 0 Å². The fourth-order valence-corrected chi connectivity index (χ4v) is 3.46. The number of carbonyl (C=O) groups excluding carboxylic acids is 3. The second-order valence-corrected chi connectivity index (χ2v) is 7.24. The van der Waals surface area contributed by atoms with Gasteiger partial charge in [0.25, 0.3) is 0 Å². The van der Waals surface area contributed by atoms with Crippen LogP contribution in [0.1, 0.15) is 38.5 Å². The fraction of sp³-hybridized carbons (Fsp3) is 0.364. The van der Waals surface area contributed by atoms with Crippen LogP contribution in [-0.2, 0) is 14.4 Å². The van der Waals surface area contributed by atoms with Crippen LogP contribution in [0.2, 0.25) is 0 Å². The molecule has 1 aromatic carbocycles. The lowest BCUT2D eigenvalue weighted by atomic mass is 10.2. The molecule has 0 spiro atoms. The van der Waals surface area contributed by atoms with E-state index in [2.05, 4.69) is 15.6 Å². The van der Waals surface area contributed by atoms with Crippen LogP contribution in [0.4, 0.5) is 15.9 Å². The number of hydrogen-bond acceptors (Lipinski definition) is 4. The number of benzene rings is 1. The first-order valence-corrected chi connectivity index (χ1v) is 10.1. The number of aromatic nitrogens is 1. The zero-order valence-corrected chi connectivity index (χ0v) is 16.6. The zero-order valence-electron chi connectivity index (χ0n) is 16.6. The predicted octanol–water partition coefficient (Wildman–Crippen LogP) is 3.03. The highest BCUT2D eigenvalue weighted by molar-refractivity contribution is 6.01. The third kappa shape index (κ3) is 6.10. The number of nitrogens with one attached hydrogen (secondary N) is 2. The van der Waals surface area contributed by atoms with Gasteiger partial charge in [0.05, 0.1) is 5.69 Å². The lowest BCUT2D eigenvalue weighted by molar-refractivity contribution is -0.125. The van der Waals surface area contributed by atoms with E-state index in [1.54, 1.807) is 30.5 Å². The Morgan fingerprint density at radius 2 is 1.73 bits per heavy atom. The van der Waals surface area contributed by atoms with E-state index in [4.69, 9.17) is 0 Å². The third-order valence-electron chi connectivity index (χ3n) is 4.96. The van der Waals surface area contributed by atoms with Gasteiger partial charge in [0.1, 0.15) is 18.2 Å². The summed E-state index contributed by atoms with van der Waals surface area (Å²) in [5, 5.41) is 5.51. The average Bonchev–Trinajstić information content (AvgIpc) is 3.24. The van der Waals surface area contributed by atoms with Crippen molar-refractivity contribution in [3.8, 4) is 0 Å². The maximum atomic E-state index is 14.3. The lowest BCUT2D eigenvalue weighted by Crippen LogP contribution is -2.44. The Hall–Kier alpha value is -3.29. The number of amides is 3. The minimum atomic E-state index is -0.600. The first-order chi connectivity index (χ1) is 14.5. The van der Waals surface area contributed by atoms with Crippen molar-refractivity contribution >= 4 is 29.2 Å². The smallest absolute Gasteiger partial charge is 0.240 e. The van der Waals surface area contributed by atoms with Gasteiger partial charge in [-0.3, -0.25) is 14.4 Å². The molecule has 0 saturated heterocycles. The molecule has 0 atom stereocenters. The van der Waals surface area contributed by atoms with Crippen molar-refractivity contribution in [3.05, 3.63) is 54.5 Å². The van der Waals surface area contributed by atoms with E-state index in [1.807, 2.05) is 0 Å². The largest absolute Gasteiger partial charge is 0.352 e. The summed E-state index contributed by atoms with van der Waals surface area (Å²) in [7, 11) is 0. The maximum absolute atomic E-state index is 14.3. The van der Waals surface area contributed by atoms with E-state index in [1.165, 1.54) is 18.2 Å². The van der Waals surface area contributed by atoms with E-state index >= 15 is 0 Å². The average molecular weight is 412 g/mol. The normalized spacial score (nSPS) is 13.6. The topological polar surface area (TPSA) is 91.4 Å². The summed E-state index contributed by atoms with van der Waals surface area (Å²) in [6.45, 7) is -0.294. The first kappa shape index (κ1) is 21.4. The molecule has 2 N–H and O–H groups in total. The van der Waals surface area contributed by atoms with Gasteiger partial charge in [-0.05, 0) is 37.1 Å². The van der Waals surface area contributed by atoms with Crippen molar-refractivity contribution in [2.24, 2.45) is 0 Å². The molecule has 0 unspecified atom stereocenters. The number of hydrogen-bond donors (Lipinski definition) is 2. The van der Waals surface area contributed by atoms with Gasteiger partial charge in [-0.15, -0.1) is 0 Å². The van der Waals surface area contributed by atoms with Gasteiger partial charge in [0.15, 0.2) is 0 Å². The molecule has 7 nitrogen and oxygen atoms in total. The Morgan fingerprint density at radius 3 is 2.43 bits per heavy atom. The molecule has 3 rings (SSSR count). The monoisotopic (exact) mass is 412 g/mol. The summed E-state index contributed by atoms with van der Waals surface area (Å²) in [6, 6.07) is 11.0. The summed E-state index contributed by atoms with van der Waals surface area (Å²) in [4.78, 5) is 42.5. The number of nitrogens with zero attached hydrogens (tertiary/aromatic N) is 2. The van der Waals surface area contributed by atoms with Crippen molar-refractivity contribution < 1.29 is 18.8 Å². The van der Waals surface area contributed by atoms with E-state index < -0.39 is 11.7 Å². The predicted molar refractivity (Wildman–Crippen MR) is 111 cm³/mol. The standard InChI is InChI=1S/C22H25FN4O3/c23-17-9-3-4-10-18(17)27(15-21(29)25-16-7-1-2-8-16)22(30)13-12-20(28)26-19-11-5-6-14-24-19/h3-6,9-11,14,16H,1-2,7-8,12-13,15H2,(H,25,29)(H,24,26,28). The second-order valence-electron chi connectivity index (χ2n) is 7.24. The Morgan fingerprint density at radius 1 is 1.00 bits per heavy atom. The van der Waals surface area contributed by atoms with Gasteiger partial charge >= 0.3 is 0 Å². The number of carbonyl (C=O) groups is 3. The molecule has 1 aliphatic rings. The van der Waals surface area contributed by atoms with Gasteiger partial charge in [0, 0.05) is 25.1 Å². The van der Waals surface area contributed by atoms with Gasteiger partial charge in [-0.1, -0.05) is 31.0 Å². The molecule has 1 aliphatic carbocycles. The van der Waals surface area contributed by atoms with Crippen molar-refractivity contribution in [1.29, 1.82) is 0 Å². The van der Waals surface area contributed by atoms with E-state index in [9.17, 15) is 18.8 Å². The van der Waals surface area contributed by atoms with E-state index in [0.717, 1.165) is 30.6 Å². The van der Waals surface area contributed by atoms with Gasteiger partial charge in [-0.25, -0.2) is 9.37 Å². The summed E-state index contributed by atoms with van der Waals surface area (Å²) in [5.74, 6) is -1.44. The van der Waals surface area contributed by atoms with Crippen LogP contribution in [-0.4, -0.2) is 35.3 Å². The van der Waals surface area contributed by atoms with Crippen molar-refractivity contribution in [3.63, 3.8) is 0 Å². The minimum absolute atomic E-state index is 0.0224. The van der Waals surface area contributed by atoms with Crippen LogP contribution in [0.15, 0.2) is 48.7 Å². The number of rotatable bonds is 8. The fourth-order valence-electron chi connectivity index (χ4n) is 3.46. The lowest BCUT2D eigenvalue weighted by Gasteiger charge is -2.24. The molecule has 0 bridgehead atoms. The van der Waals surface area contributed by atoms with Crippen LogP contribution in [0, 0.1) is 5.82 Å². The van der Waals surface area contributed by atoms with E-state index in [0.29, 0.717) is 5.82 Å². The highest BCUT2D eigenvalue weighted by atomic mass is 19.1. The molecule has 0 radical (unpaired) electrons. The van der Waals surface area contributed by atoms with E-state index in [-0.39, 0.29) is 42.9 Å². The second kappa shape index (κ2) is 10.5. The number of anilines is 2. The quantitative estimate of drug-likeness (QED) is 0.697. The Bertz CT molecular complexity index is 885. The van der Waals surface area contributed by atoms with Crippen LogP contribution in [0.3, 0.4) is 0 Å². The van der Waals surface area contributed by atoms with Crippen LogP contribution in [0.25, 0.3) is 0 Å². The molecule has 1 saturated carbocycles. The highest BCUT2D eigenvalue weighted by Gasteiger charge is 2.24. The molecular weight excluding hydrogens is 387 g/mol. The van der Waals surface area contributed by atoms with Crippen LogP contribution in [0.5, 0.6) is 0 Å². The van der Waals surface area contributed by atoms with Gasteiger partial charge < -0.3 is 15.5 Å². The molecule has 1 heterocycles. The molecule has 0 aliphatic heterocycles. The summed E-state index contributed by atoms with van der Waals surface area (Å²) < 4.78 is 14.3. The number of para-hydroxylation sites is 1. The van der Waals surface area contributed by atoms with Crippen molar-refractivity contribution in [2.75, 3.05) is 16.8 Å². The minimum Gasteiger partial charge on any atom is -0.352 e. The summed E-state index contributed by atoms with van der Waals surface area (Å²) >= 11 is 0. The number of pyridine rings is 1. The SMILES string of the molecule is O=C(CCC(=O)N(CC(=O)NC1CCCC1)c1ccccc1F)Nc1ccccn1. The Balaban J connectivity index is 1.63. The molecule has 30 heavy (non-hydrogen) atoms. The molecule has 158 valence electrons. The number of halogens is 1. The highest BCUT2D eigenvalue weighted by Crippen LogP contribution is 2.21. The molecule has 3 amide bonds. The molecule has 1 aromatic heterocycles. The third-order valence-corrected chi connectivity index (χ3v) is 4.96. The molecular formula is C22H25FN4O3. The summed E-state index contributed by atoms with van der Waals surface area (Å²) in [5.41, 5.74) is 0.0224.